The third-order valence-corrected chi connectivity index (χ3v) is 4.06. The first-order valence-electron chi connectivity index (χ1n) is 7.58. The topological polar surface area (TPSA) is 47.6 Å². The molecule has 4 nitrogen and oxygen atoms in total. The van der Waals surface area contributed by atoms with Gasteiger partial charge in [0.2, 0.25) is 0 Å². The average molecular weight is 354 g/mol. The second kappa shape index (κ2) is 8.79. The van der Waals surface area contributed by atoms with Crippen LogP contribution in [-0.2, 0) is 0 Å². The SMILES string of the molecule is CCCCOc1c(Cl)cc(C(=O)Nc2ccsc2)cc1OCC. The molecule has 0 atom stereocenters. The molecule has 0 saturated carbocycles. The Labute approximate surface area is 145 Å². The summed E-state index contributed by atoms with van der Waals surface area (Å²) in [5.41, 5.74) is 1.20. The molecule has 0 saturated heterocycles. The van der Waals surface area contributed by atoms with Gasteiger partial charge >= 0.3 is 0 Å². The fraction of sp³-hybridized carbons (Fsp3) is 0.353. The minimum Gasteiger partial charge on any atom is -0.490 e. The van der Waals surface area contributed by atoms with Crippen molar-refractivity contribution >= 4 is 34.5 Å². The predicted molar refractivity (Wildman–Crippen MR) is 95.3 cm³/mol. The minimum absolute atomic E-state index is 0.230. The third-order valence-electron chi connectivity index (χ3n) is 3.09. The number of nitrogens with one attached hydrogen (secondary N) is 1. The molecule has 1 heterocycles. The van der Waals surface area contributed by atoms with E-state index in [1.807, 2.05) is 23.8 Å². The van der Waals surface area contributed by atoms with Crippen LogP contribution in [0.25, 0.3) is 0 Å². The van der Waals surface area contributed by atoms with Crippen molar-refractivity contribution in [2.45, 2.75) is 26.7 Å². The van der Waals surface area contributed by atoms with Crippen molar-refractivity contribution < 1.29 is 14.3 Å². The second-order valence-corrected chi connectivity index (χ2v) is 6.07. The Morgan fingerprint density at radius 3 is 2.78 bits per heavy atom. The van der Waals surface area contributed by atoms with Crippen molar-refractivity contribution in [1.29, 1.82) is 0 Å². The summed E-state index contributed by atoms with van der Waals surface area (Å²) >= 11 is 7.81. The zero-order valence-corrected chi connectivity index (χ0v) is 14.8. The van der Waals surface area contributed by atoms with Crippen molar-refractivity contribution in [2.24, 2.45) is 0 Å². The van der Waals surface area contributed by atoms with Crippen LogP contribution in [0, 0.1) is 0 Å². The van der Waals surface area contributed by atoms with Crippen molar-refractivity contribution in [3.63, 3.8) is 0 Å². The number of hydrogen-bond donors (Lipinski definition) is 1. The highest BCUT2D eigenvalue weighted by atomic mass is 35.5. The van der Waals surface area contributed by atoms with Gasteiger partial charge in [0.1, 0.15) is 0 Å². The van der Waals surface area contributed by atoms with E-state index in [2.05, 4.69) is 12.2 Å². The molecule has 1 aromatic heterocycles. The molecule has 0 aliphatic rings. The number of rotatable bonds is 8. The maximum absolute atomic E-state index is 12.3. The molecule has 2 aromatic rings. The van der Waals surface area contributed by atoms with Crippen molar-refractivity contribution in [3.05, 3.63) is 39.5 Å². The molecule has 0 aliphatic heterocycles. The van der Waals surface area contributed by atoms with Gasteiger partial charge in [-0.15, -0.1) is 0 Å². The van der Waals surface area contributed by atoms with E-state index < -0.39 is 0 Å². The van der Waals surface area contributed by atoms with Crippen LogP contribution in [0.1, 0.15) is 37.0 Å². The first-order chi connectivity index (χ1) is 11.2. The van der Waals surface area contributed by atoms with Gasteiger partial charge in [0.25, 0.3) is 5.91 Å². The molecule has 1 aromatic carbocycles. The summed E-state index contributed by atoms with van der Waals surface area (Å²) in [5, 5.41) is 6.97. The number of carbonyl (C=O) groups is 1. The molecule has 1 amide bonds. The summed E-state index contributed by atoms with van der Waals surface area (Å²) < 4.78 is 11.3. The molecule has 0 unspecified atom stereocenters. The first kappa shape index (κ1) is 17.6. The number of hydrogen-bond acceptors (Lipinski definition) is 4. The molecule has 0 fully saturated rings. The maximum atomic E-state index is 12.3. The van der Waals surface area contributed by atoms with E-state index >= 15 is 0 Å². The average Bonchev–Trinajstić information content (AvgIpc) is 3.03. The third kappa shape index (κ3) is 4.88. The second-order valence-electron chi connectivity index (χ2n) is 4.89. The maximum Gasteiger partial charge on any atom is 0.255 e. The lowest BCUT2D eigenvalue weighted by atomic mass is 10.2. The quantitative estimate of drug-likeness (QED) is 0.661. The van der Waals surface area contributed by atoms with Crippen LogP contribution >= 0.6 is 22.9 Å². The lowest BCUT2D eigenvalue weighted by molar-refractivity contribution is 0.102. The van der Waals surface area contributed by atoms with Crippen LogP contribution in [0.4, 0.5) is 5.69 Å². The number of amides is 1. The van der Waals surface area contributed by atoms with Gasteiger partial charge in [-0.3, -0.25) is 4.79 Å². The Morgan fingerprint density at radius 1 is 1.30 bits per heavy atom. The van der Waals surface area contributed by atoms with Gasteiger partial charge in [-0.25, -0.2) is 0 Å². The van der Waals surface area contributed by atoms with Gasteiger partial charge in [0.15, 0.2) is 11.5 Å². The zero-order chi connectivity index (χ0) is 16.7. The Kier molecular flexibility index (Phi) is 6.74. The predicted octanol–water partition coefficient (Wildman–Crippen LogP) is 5.23. The molecular weight excluding hydrogens is 334 g/mol. The summed E-state index contributed by atoms with van der Waals surface area (Å²) in [6, 6.07) is 5.11. The highest BCUT2D eigenvalue weighted by molar-refractivity contribution is 7.08. The standard InChI is InChI=1S/C17H20ClNO3S/c1-3-5-7-22-16-14(18)9-12(10-15(16)21-4-2)17(20)19-13-6-8-23-11-13/h6,8-11H,3-5,7H2,1-2H3,(H,19,20). The molecule has 23 heavy (non-hydrogen) atoms. The summed E-state index contributed by atoms with van der Waals surface area (Å²) in [6.07, 6.45) is 1.96. The first-order valence-corrected chi connectivity index (χ1v) is 8.90. The largest absolute Gasteiger partial charge is 0.490 e. The van der Waals surface area contributed by atoms with Gasteiger partial charge in [0, 0.05) is 10.9 Å². The van der Waals surface area contributed by atoms with Crippen molar-refractivity contribution in [3.8, 4) is 11.5 Å². The van der Waals surface area contributed by atoms with Gasteiger partial charge < -0.3 is 14.8 Å². The zero-order valence-electron chi connectivity index (χ0n) is 13.2. The summed E-state index contributed by atoms with van der Waals surface area (Å²) in [6.45, 7) is 5.00. The van der Waals surface area contributed by atoms with E-state index in [1.54, 1.807) is 12.1 Å². The van der Waals surface area contributed by atoms with Gasteiger partial charge in [0.05, 0.1) is 23.9 Å². The molecule has 6 heteroatoms. The number of unbranched alkanes of at least 4 members (excludes halogenated alkanes) is 1. The number of halogens is 1. The van der Waals surface area contributed by atoms with Crippen molar-refractivity contribution in [1.82, 2.24) is 0 Å². The lowest BCUT2D eigenvalue weighted by Gasteiger charge is -2.15. The summed E-state index contributed by atoms with van der Waals surface area (Å²) in [5.74, 6) is 0.756. The van der Waals surface area contributed by atoms with E-state index in [1.165, 1.54) is 11.3 Å². The Balaban J connectivity index is 2.22. The molecular formula is C17H20ClNO3S. The highest BCUT2D eigenvalue weighted by Crippen LogP contribution is 2.37. The van der Waals surface area contributed by atoms with Gasteiger partial charge in [-0.2, -0.15) is 11.3 Å². The van der Waals surface area contributed by atoms with Crippen LogP contribution in [0.3, 0.4) is 0 Å². The number of ether oxygens (including phenoxy) is 2. The number of thiophene rings is 1. The highest BCUT2D eigenvalue weighted by Gasteiger charge is 2.16. The molecule has 0 radical (unpaired) electrons. The van der Waals surface area contributed by atoms with E-state index in [0.717, 1.165) is 18.5 Å². The molecule has 0 spiro atoms. The van der Waals surface area contributed by atoms with Crippen LogP contribution in [0.15, 0.2) is 29.0 Å². The molecule has 124 valence electrons. The fourth-order valence-corrected chi connectivity index (χ4v) is 2.81. The molecule has 0 aliphatic carbocycles. The molecule has 0 bridgehead atoms. The van der Waals surface area contributed by atoms with E-state index in [4.69, 9.17) is 21.1 Å². The van der Waals surface area contributed by atoms with E-state index in [9.17, 15) is 4.79 Å². The number of benzene rings is 1. The normalized spacial score (nSPS) is 10.4. The van der Waals surface area contributed by atoms with E-state index in [-0.39, 0.29) is 5.91 Å². The number of anilines is 1. The Morgan fingerprint density at radius 2 is 2.13 bits per heavy atom. The van der Waals surface area contributed by atoms with Crippen molar-refractivity contribution in [2.75, 3.05) is 18.5 Å². The van der Waals surface area contributed by atoms with Crippen LogP contribution in [-0.4, -0.2) is 19.1 Å². The molecule has 2 rings (SSSR count). The molecule has 1 N–H and O–H groups in total. The van der Waals surface area contributed by atoms with Crippen LogP contribution in [0.2, 0.25) is 5.02 Å². The monoisotopic (exact) mass is 353 g/mol. The Bertz CT molecular complexity index is 644. The number of carbonyl (C=O) groups excluding carboxylic acids is 1. The Hall–Kier alpha value is -1.72. The lowest BCUT2D eigenvalue weighted by Crippen LogP contribution is -2.12. The van der Waals surface area contributed by atoms with Gasteiger partial charge in [-0.05, 0) is 36.9 Å². The van der Waals surface area contributed by atoms with E-state index in [0.29, 0.717) is 35.3 Å². The smallest absolute Gasteiger partial charge is 0.255 e. The minimum atomic E-state index is -0.230. The van der Waals surface area contributed by atoms with Crippen LogP contribution in [0.5, 0.6) is 11.5 Å². The van der Waals surface area contributed by atoms with Crippen LogP contribution < -0.4 is 14.8 Å². The van der Waals surface area contributed by atoms with Gasteiger partial charge in [-0.1, -0.05) is 24.9 Å². The fourth-order valence-electron chi connectivity index (χ4n) is 1.96. The summed E-state index contributed by atoms with van der Waals surface area (Å²) in [7, 11) is 0. The summed E-state index contributed by atoms with van der Waals surface area (Å²) in [4.78, 5) is 12.3.